The van der Waals surface area contributed by atoms with Gasteiger partial charge in [-0.2, -0.15) is 0 Å². The Hall–Kier alpha value is -1.40. The zero-order valence-corrected chi connectivity index (χ0v) is 6.30. The zero-order chi connectivity index (χ0) is 9.72. The number of hydrogen-bond acceptors (Lipinski definition) is 4. The molecular formula is C6H8BNO4. The van der Waals surface area contributed by atoms with E-state index >= 15 is 0 Å². The molecule has 5 nitrogen and oxygen atoms in total. The normalized spacial score (nSPS) is 11.5. The van der Waals surface area contributed by atoms with E-state index in [9.17, 15) is 10.1 Å². The summed E-state index contributed by atoms with van der Waals surface area (Å²) in [6.07, 6.45) is 1.93. The highest BCUT2D eigenvalue weighted by molar-refractivity contribution is 6.52. The first-order valence-electron chi connectivity index (χ1n) is 3.04. The van der Waals surface area contributed by atoms with Gasteiger partial charge in [-0.05, 0) is 0 Å². The molecule has 0 aromatic rings. The minimum Gasteiger partial charge on any atom is -0.423 e. The second-order valence-electron chi connectivity index (χ2n) is 1.88. The summed E-state index contributed by atoms with van der Waals surface area (Å²) in [5, 5.41) is 27.5. The van der Waals surface area contributed by atoms with Gasteiger partial charge >= 0.3 is 7.12 Å². The predicted molar refractivity (Wildman–Crippen MR) is 44.6 cm³/mol. The number of hydrogen-bond donors (Lipinski definition) is 2. The lowest BCUT2D eigenvalue weighted by molar-refractivity contribution is -0.419. The van der Waals surface area contributed by atoms with Crippen molar-refractivity contribution in [1.29, 1.82) is 0 Å². The molecule has 0 aliphatic rings. The summed E-state index contributed by atoms with van der Waals surface area (Å²) in [7, 11) is -1.90. The fourth-order valence-electron chi connectivity index (χ4n) is 0.640. The molecule has 0 aliphatic carbocycles. The van der Waals surface area contributed by atoms with Crippen LogP contribution in [-0.4, -0.2) is 22.1 Å². The highest BCUT2D eigenvalue weighted by Gasteiger charge is 2.22. The lowest BCUT2D eigenvalue weighted by Gasteiger charge is -1.98. The molecule has 0 fully saturated rings. The van der Waals surface area contributed by atoms with Crippen LogP contribution in [0.3, 0.4) is 0 Å². The molecule has 0 amide bonds. The van der Waals surface area contributed by atoms with E-state index in [1.807, 2.05) is 0 Å². The van der Waals surface area contributed by atoms with Crippen molar-refractivity contribution in [2.75, 3.05) is 0 Å². The third kappa shape index (κ3) is 2.33. The topological polar surface area (TPSA) is 83.6 Å². The third-order valence-corrected chi connectivity index (χ3v) is 1.18. The molecular weight excluding hydrogens is 161 g/mol. The van der Waals surface area contributed by atoms with Gasteiger partial charge in [0, 0.05) is 6.08 Å². The fraction of sp³-hybridized carbons (Fsp3) is 0. The van der Waals surface area contributed by atoms with E-state index in [0.717, 1.165) is 12.2 Å². The molecule has 0 heterocycles. The van der Waals surface area contributed by atoms with E-state index in [1.165, 1.54) is 0 Å². The lowest BCUT2D eigenvalue weighted by Crippen LogP contribution is -2.18. The van der Waals surface area contributed by atoms with Gasteiger partial charge in [-0.1, -0.05) is 19.2 Å². The number of nitrogens with zero attached hydrogens (tertiary/aromatic N) is 1. The fourth-order valence-corrected chi connectivity index (χ4v) is 0.640. The predicted octanol–water partition coefficient (Wildman–Crippen LogP) is -0.0988. The van der Waals surface area contributed by atoms with E-state index in [0.29, 0.717) is 0 Å². The van der Waals surface area contributed by atoms with Crippen molar-refractivity contribution < 1.29 is 15.0 Å². The van der Waals surface area contributed by atoms with Gasteiger partial charge in [-0.25, -0.2) is 0 Å². The van der Waals surface area contributed by atoms with E-state index in [-0.39, 0.29) is 5.47 Å². The summed E-state index contributed by atoms with van der Waals surface area (Å²) in [5.41, 5.74) is -0.727. The second kappa shape index (κ2) is 4.48. The Labute approximate surface area is 69.6 Å². The van der Waals surface area contributed by atoms with E-state index < -0.39 is 17.7 Å². The average molecular weight is 169 g/mol. The minimum absolute atomic E-state index is 0.269. The van der Waals surface area contributed by atoms with E-state index in [2.05, 4.69) is 13.2 Å². The van der Waals surface area contributed by atoms with Crippen molar-refractivity contribution in [3.63, 3.8) is 0 Å². The molecule has 0 spiro atoms. The van der Waals surface area contributed by atoms with Crippen LogP contribution in [0.25, 0.3) is 0 Å². The Morgan fingerprint density at radius 1 is 1.42 bits per heavy atom. The van der Waals surface area contributed by atoms with Crippen molar-refractivity contribution >= 4 is 7.12 Å². The maximum atomic E-state index is 10.2. The maximum Gasteiger partial charge on any atom is 0.495 e. The molecule has 2 N–H and O–H groups in total. The standard InChI is InChI=1S/C6H8BNO4/c1-3-5(7(9)10)6(4-2)8(11)12/h3-4,9-10H,1-2H2/b6-5-. The second-order valence-corrected chi connectivity index (χ2v) is 1.88. The Bertz CT molecular complexity index is 246. The van der Waals surface area contributed by atoms with Gasteiger partial charge in [0.05, 0.1) is 10.4 Å². The van der Waals surface area contributed by atoms with Crippen molar-refractivity contribution in [3.05, 3.63) is 46.6 Å². The summed E-state index contributed by atoms with van der Waals surface area (Å²) in [5.74, 6) is 0. The summed E-state index contributed by atoms with van der Waals surface area (Å²) >= 11 is 0. The summed E-state index contributed by atoms with van der Waals surface area (Å²) < 4.78 is 0. The maximum absolute atomic E-state index is 10.2. The number of allylic oxidation sites excluding steroid dienone is 3. The van der Waals surface area contributed by atoms with Crippen LogP contribution >= 0.6 is 0 Å². The molecule has 0 radical (unpaired) electrons. The molecule has 0 atom stereocenters. The van der Waals surface area contributed by atoms with Gasteiger partial charge in [0.15, 0.2) is 0 Å². The van der Waals surface area contributed by atoms with E-state index in [4.69, 9.17) is 10.0 Å². The van der Waals surface area contributed by atoms with Gasteiger partial charge in [-0.15, -0.1) is 0 Å². The van der Waals surface area contributed by atoms with Crippen LogP contribution in [-0.2, 0) is 0 Å². The Balaban J connectivity index is 5.14. The van der Waals surface area contributed by atoms with Crippen molar-refractivity contribution in [2.45, 2.75) is 0 Å². The molecule has 0 rings (SSSR count). The molecule has 0 aliphatic heterocycles. The van der Waals surface area contributed by atoms with Crippen LogP contribution in [0, 0.1) is 10.1 Å². The van der Waals surface area contributed by atoms with Crippen LogP contribution in [0.15, 0.2) is 36.5 Å². The first kappa shape index (κ1) is 10.6. The van der Waals surface area contributed by atoms with Gasteiger partial charge in [0.2, 0.25) is 0 Å². The molecule has 0 unspecified atom stereocenters. The smallest absolute Gasteiger partial charge is 0.423 e. The first-order valence-corrected chi connectivity index (χ1v) is 3.04. The van der Waals surface area contributed by atoms with E-state index in [1.54, 1.807) is 0 Å². The SMILES string of the molecule is C=C/C(B(O)O)=C(\C=C)[N+](=O)[O-]. The van der Waals surface area contributed by atoms with Crippen molar-refractivity contribution in [2.24, 2.45) is 0 Å². The monoisotopic (exact) mass is 169 g/mol. The first-order chi connectivity index (χ1) is 5.54. The zero-order valence-electron chi connectivity index (χ0n) is 6.30. The molecule has 0 saturated carbocycles. The van der Waals surface area contributed by atoms with Crippen LogP contribution in [0.4, 0.5) is 0 Å². The number of rotatable bonds is 4. The Morgan fingerprint density at radius 2 is 1.92 bits per heavy atom. The van der Waals surface area contributed by atoms with Crippen LogP contribution in [0.5, 0.6) is 0 Å². The lowest BCUT2D eigenvalue weighted by atomic mass is 9.78. The van der Waals surface area contributed by atoms with Gasteiger partial charge in [0.25, 0.3) is 5.70 Å². The molecule has 64 valence electrons. The van der Waals surface area contributed by atoms with Crippen molar-refractivity contribution in [3.8, 4) is 0 Å². The van der Waals surface area contributed by atoms with Crippen molar-refractivity contribution in [1.82, 2.24) is 0 Å². The molecule has 0 aromatic carbocycles. The average Bonchev–Trinajstić information content (AvgIpc) is 1.98. The van der Waals surface area contributed by atoms with Crippen LogP contribution in [0.2, 0.25) is 0 Å². The summed E-state index contributed by atoms with van der Waals surface area (Å²) in [4.78, 5) is 9.48. The molecule has 6 heteroatoms. The highest BCUT2D eigenvalue weighted by atomic mass is 16.6. The van der Waals surface area contributed by atoms with Gasteiger partial charge < -0.3 is 10.0 Å². The highest BCUT2D eigenvalue weighted by Crippen LogP contribution is 2.08. The largest absolute Gasteiger partial charge is 0.495 e. The quantitative estimate of drug-likeness (QED) is 0.266. The summed E-state index contributed by atoms with van der Waals surface area (Å²) in [6.45, 7) is 6.37. The van der Waals surface area contributed by atoms with Gasteiger partial charge in [0.1, 0.15) is 0 Å². The van der Waals surface area contributed by atoms with Gasteiger partial charge in [-0.3, -0.25) is 10.1 Å². The van der Waals surface area contributed by atoms with Crippen LogP contribution in [0.1, 0.15) is 0 Å². The Kier molecular flexibility index (Phi) is 3.96. The molecule has 0 aromatic heterocycles. The minimum atomic E-state index is -1.90. The molecule has 0 bridgehead atoms. The molecule has 0 saturated heterocycles. The summed E-state index contributed by atoms with van der Waals surface area (Å²) in [6, 6.07) is 0. The number of nitro groups is 1. The Morgan fingerprint density at radius 3 is 2.00 bits per heavy atom. The van der Waals surface area contributed by atoms with Crippen LogP contribution < -0.4 is 0 Å². The molecule has 12 heavy (non-hydrogen) atoms. The third-order valence-electron chi connectivity index (χ3n) is 1.18.